The van der Waals surface area contributed by atoms with Crippen molar-refractivity contribution >= 4 is 22.9 Å². The van der Waals surface area contributed by atoms with Gasteiger partial charge in [-0.2, -0.15) is 11.3 Å². The first-order chi connectivity index (χ1) is 9.83. The van der Waals surface area contributed by atoms with E-state index in [1.165, 1.54) is 5.56 Å². The Bertz CT molecular complexity index is 688. The molecule has 3 heteroatoms. The maximum absolute atomic E-state index is 12.1. The predicted molar refractivity (Wildman–Crippen MR) is 84.2 cm³/mol. The summed E-state index contributed by atoms with van der Waals surface area (Å²) in [5.41, 5.74) is 3.78. The van der Waals surface area contributed by atoms with Crippen LogP contribution in [0.4, 0.5) is 5.69 Å². The molecule has 0 saturated heterocycles. The molecule has 0 aliphatic carbocycles. The van der Waals surface area contributed by atoms with E-state index in [1.54, 1.807) is 11.3 Å². The van der Waals surface area contributed by atoms with Gasteiger partial charge in [-0.1, -0.05) is 30.3 Å². The molecule has 0 radical (unpaired) electrons. The van der Waals surface area contributed by atoms with E-state index in [-0.39, 0.29) is 5.91 Å². The summed E-state index contributed by atoms with van der Waals surface area (Å²) in [6, 6.07) is 19.2. The Morgan fingerprint density at radius 1 is 0.850 bits per heavy atom. The molecule has 98 valence electrons. The molecular weight excluding hydrogens is 266 g/mol. The quantitative estimate of drug-likeness (QED) is 0.741. The van der Waals surface area contributed by atoms with Gasteiger partial charge in [-0.3, -0.25) is 4.79 Å². The number of carbonyl (C=O) groups excluding carboxylic acids is 1. The van der Waals surface area contributed by atoms with Crippen LogP contribution < -0.4 is 5.32 Å². The van der Waals surface area contributed by atoms with Crippen molar-refractivity contribution in [2.45, 2.75) is 0 Å². The number of amides is 1. The molecule has 0 spiro atoms. The zero-order chi connectivity index (χ0) is 13.8. The average molecular weight is 279 g/mol. The molecule has 2 nitrogen and oxygen atoms in total. The number of benzene rings is 2. The van der Waals surface area contributed by atoms with E-state index < -0.39 is 0 Å². The van der Waals surface area contributed by atoms with Crippen LogP contribution in [0.25, 0.3) is 11.1 Å². The largest absolute Gasteiger partial charge is 0.322 e. The second-order valence-electron chi connectivity index (χ2n) is 4.41. The Hall–Kier alpha value is -2.39. The number of hydrogen-bond donors (Lipinski definition) is 1. The van der Waals surface area contributed by atoms with Gasteiger partial charge in [-0.25, -0.2) is 0 Å². The van der Waals surface area contributed by atoms with Gasteiger partial charge in [0, 0.05) is 11.3 Å². The third kappa shape index (κ3) is 2.78. The first-order valence-corrected chi connectivity index (χ1v) is 7.26. The second-order valence-corrected chi connectivity index (χ2v) is 5.19. The lowest BCUT2D eigenvalue weighted by Gasteiger charge is -2.05. The highest BCUT2D eigenvalue weighted by Gasteiger charge is 2.06. The highest BCUT2D eigenvalue weighted by atomic mass is 32.1. The molecule has 3 aromatic rings. The number of nitrogens with one attached hydrogen (secondary N) is 1. The Kier molecular flexibility index (Phi) is 3.61. The molecule has 0 aliphatic rings. The van der Waals surface area contributed by atoms with E-state index in [1.807, 2.05) is 60.0 Å². The van der Waals surface area contributed by atoms with Crippen LogP contribution in [-0.4, -0.2) is 5.91 Å². The molecule has 20 heavy (non-hydrogen) atoms. The number of thiophene rings is 1. The maximum Gasteiger partial charge on any atom is 0.255 e. The third-order valence-electron chi connectivity index (χ3n) is 3.03. The van der Waals surface area contributed by atoms with Crippen LogP contribution in [0.3, 0.4) is 0 Å². The highest BCUT2D eigenvalue weighted by Crippen LogP contribution is 2.22. The van der Waals surface area contributed by atoms with Gasteiger partial charge in [0.1, 0.15) is 0 Å². The minimum Gasteiger partial charge on any atom is -0.322 e. The fraction of sp³-hybridized carbons (Fsp3) is 0. The molecule has 0 saturated carbocycles. The number of para-hydroxylation sites is 1. The van der Waals surface area contributed by atoms with Crippen LogP contribution in [0.15, 0.2) is 71.4 Å². The topological polar surface area (TPSA) is 29.1 Å². The van der Waals surface area contributed by atoms with Crippen molar-refractivity contribution in [3.8, 4) is 11.1 Å². The summed E-state index contributed by atoms with van der Waals surface area (Å²) in [5.74, 6) is -0.0898. The Labute approximate surface area is 121 Å². The molecular formula is C17H13NOS. The van der Waals surface area contributed by atoms with Crippen LogP contribution in [0.1, 0.15) is 10.4 Å². The standard InChI is InChI=1S/C17H13NOS/c19-17(18-16-4-2-1-3-5-16)14-8-6-13(7-9-14)15-10-11-20-12-15/h1-12H,(H,18,19). The van der Waals surface area contributed by atoms with Gasteiger partial charge in [0.15, 0.2) is 0 Å². The van der Waals surface area contributed by atoms with E-state index in [2.05, 4.69) is 16.8 Å². The molecule has 2 aromatic carbocycles. The minimum absolute atomic E-state index is 0.0898. The third-order valence-corrected chi connectivity index (χ3v) is 3.72. The first kappa shape index (κ1) is 12.6. The van der Waals surface area contributed by atoms with E-state index in [4.69, 9.17) is 0 Å². The second kappa shape index (κ2) is 5.72. The average Bonchev–Trinajstić information content (AvgIpc) is 3.03. The van der Waals surface area contributed by atoms with Crippen LogP contribution in [0, 0.1) is 0 Å². The lowest BCUT2D eigenvalue weighted by atomic mass is 10.1. The van der Waals surface area contributed by atoms with Crippen molar-refractivity contribution in [2.75, 3.05) is 5.32 Å². The molecule has 0 fully saturated rings. The number of carbonyl (C=O) groups is 1. The van der Waals surface area contributed by atoms with Gasteiger partial charge in [-0.15, -0.1) is 0 Å². The van der Waals surface area contributed by atoms with Crippen LogP contribution >= 0.6 is 11.3 Å². The van der Waals surface area contributed by atoms with Gasteiger partial charge in [0.25, 0.3) is 5.91 Å². The van der Waals surface area contributed by atoms with E-state index in [0.717, 1.165) is 11.3 Å². The molecule has 0 bridgehead atoms. The molecule has 0 aliphatic heterocycles. The molecule has 0 unspecified atom stereocenters. The molecule has 3 rings (SSSR count). The fourth-order valence-electron chi connectivity index (χ4n) is 1.97. The number of hydrogen-bond acceptors (Lipinski definition) is 2. The van der Waals surface area contributed by atoms with Crippen LogP contribution in [0.5, 0.6) is 0 Å². The number of rotatable bonds is 3. The molecule has 1 heterocycles. The zero-order valence-electron chi connectivity index (χ0n) is 10.7. The van der Waals surface area contributed by atoms with E-state index in [9.17, 15) is 4.79 Å². The Balaban J connectivity index is 1.76. The van der Waals surface area contributed by atoms with Crippen LogP contribution in [-0.2, 0) is 0 Å². The molecule has 1 N–H and O–H groups in total. The predicted octanol–water partition coefficient (Wildman–Crippen LogP) is 4.67. The lowest BCUT2D eigenvalue weighted by Crippen LogP contribution is -2.11. The van der Waals surface area contributed by atoms with Crippen molar-refractivity contribution < 1.29 is 4.79 Å². The van der Waals surface area contributed by atoms with Crippen molar-refractivity contribution in [3.05, 3.63) is 77.0 Å². The van der Waals surface area contributed by atoms with Crippen molar-refractivity contribution in [1.82, 2.24) is 0 Å². The maximum atomic E-state index is 12.1. The Morgan fingerprint density at radius 2 is 1.60 bits per heavy atom. The molecule has 1 aromatic heterocycles. The summed E-state index contributed by atoms with van der Waals surface area (Å²) >= 11 is 1.67. The minimum atomic E-state index is -0.0898. The molecule has 0 atom stereocenters. The molecule has 1 amide bonds. The van der Waals surface area contributed by atoms with Gasteiger partial charge >= 0.3 is 0 Å². The van der Waals surface area contributed by atoms with Gasteiger partial charge in [0.05, 0.1) is 0 Å². The summed E-state index contributed by atoms with van der Waals surface area (Å²) in [6.45, 7) is 0. The van der Waals surface area contributed by atoms with Gasteiger partial charge < -0.3 is 5.32 Å². The smallest absolute Gasteiger partial charge is 0.255 e. The van der Waals surface area contributed by atoms with Gasteiger partial charge in [-0.05, 0) is 52.2 Å². The summed E-state index contributed by atoms with van der Waals surface area (Å²) in [5, 5.41) is 7.02. The summed E-state index contributed by atoms with van der Waals surface area (Å²) in [6.07, 6.45) is 0. The van der Waals surface area contributed by atoms with E-state index >= 15 is 0 Å². The summed E-state index contributed by atoms with van der Waals surface area (Å²) in [7, 11) is 0. The monoisotopic (exact) mass is 279 g/mol. The first-order valence-electron chi connectivity index (χ1n) is 6.32. The van der Waals surface area contributed by atoms with Crippen molar-refractivity contribution in [3.63, 3.8) is 0 Å². The Morgan fingerprint density at radius 3 is 2.25 bits per heavy atom. The zero-order valence-corrected chi connectivity index (χ0v) is 11.6. The van der Waals surface area contributed by atoms with Gasteiger partial charge in [0.2, 0.25) is 0 Å². The van der Waals surface area contributed by atoms with Crippen molar-refractivity contribution in [2.24, 2.45) is 0 Å². The van der Waals surface area contributed by atoms with Crippen molar-refractivity contribution in [1.29, 1.82) is 0 Å². The summed E-state index contributed by atoms with van der Waals surface area (Å²) < 4.78 is 0. The highest BCUT2D eigenvalue weighted by molar-refractivity contribution is 7.08. The normalized spacial score (nSPS) is 10.2. The van der Waals surface area contributed by atoms with E-state index in [0.29, 0.717) is 5.56 Å². The SMILES string of the molecule is O=C(Nc1ccccc1)c1ccc(-c2ccsc2)cc1. The fourth-order valence-corrected chi connectivity index (χ4v) is 2.63. The van der Waals surface area contributed by atoms with Crippen LogP contribution in [0.2, 0.25) is 0 Å². The number of anilines is 1. The summed E-state index contributed by atoms with van der Waals surface area (Å²) in [4.78, 5) is 12.1. The lowest BCUT2D eigenvalue weighted by molar-refractivity contribution is 0.102.